The summed E-state index contributed by atoms with van der Waals surface area (Å²) in [7, 11) is 0. The van der Waals surface area contributed by atoms with Crippen LogP contribution >= 0.6 is 11.3 Å². The minimum absolute atomic E-state index is 0.0141. The molecule has 146 valence electrons. The zero-order valence-corrected chi connectivity index (χ0v) is 17.0. The third kappa shape index (κ3) is 3.87. The van der Waals surface area contributed by atoms with Crippen molar-refractivity contribution in [3.8, 4) is 0 Å². The van der Waals surface area contributed by atoms with Gasteiger partial charge >= 0.3 is 0 Å². The molecule has 6 heteroatoms. The van der Waals surface area contributed by atoms with Gasteiger partial charge in [0.2, 0.25) is 5.91 Å². The number of fused-ring (bicyclic) bond motifs is 3. The Morgan fingerprint density at radius 2 is 2.04 bits per heavy atom. The van der Waals surface area contributed by atoms with E-state index in [1.54, 1.807) is 11.3 Å². The molecule has 2 aromatic heterocycles. The molecular formula is C22H25N3O2S. The number of carbonyl (C=O) groups excluding carboxylic acids is 1. The van der Waals surface area contributed by atoms with Gasteiger partial charge in [-0.2, -0.15) is 0 Å². The van der Waals surface area contributed by atoms with Crippen LogP contribution in [0.4, 0.5) is 0 Å². The Morgan fingerprint density at radius 3 is 2.89 bits per heavy atom. The molecule has 0 bridgehead atoms. The van der Waals surface area contributed by atoms with Crippen molar-refractivity contribution in [2.75, 3.05) is 6.54 Å². The van der Waals surface area contributed by atoms with E-state index in [-0.39, 0.29) is 18.0 Å². The second kappa shape index (κ2) is 8.27. The van der Waals surface area contributed by atoms with E-state index in [9.17, 15) is 9.59 Å². The van der Waals surface area contributed by atoms with Gasteiger partial charge in [0.25, 0.3) is 5.56 Å². The zero-order chi connectivity index (χ0) is 19.5. The maximum absolute atomic E-state index is 13.0. The minimum Gasteiger partial charge on any atom is -0.354 e. The molecule has 0 saturated heterocycles. The number of nitrogens with one attached hydrogen (secondary N) is 1. The van der Waals surface area contributed by atoms with E-state index in [2.05, 4.69) is 29.4 Å². The fraction of sp³-hybridized carbons (Fsp3) is 0.409. The molecule has 0 radical (unpaired) electrons. The Hall–Kier alpha value is -2.47. The molecule has 0 aliphatic heterocycles. The molecule has 1 aromatic carbocycles. The van der Waals surface area contributed by atoms with Gasteiger partial charge in [0, 0.05) is 11.4 Å². The fourth-order valence-electron chi connectivity index (χ4n) is 3.91. The monoisotopic (exact) mass is 395 g/mol. The van der Waals surface area contributed by atoms with Crippen molar-refractivity contribution in [3.05, 3.63) is 62.5 Å². The third-order valence-corrected chi connectivity index (χ3v) is 6.68. The smallest absolute Gasteiger partial charge is 0.262 e. The van der Waals surface area contributed by atoms with Gasteiger partial charge in [-0.25, -0.2) is 4.98 Å². The number of aryl methyl sites for hydroxylation is 3. The number of carbonyl (C=O) groups is 1. The molecule has 0 saturated carbocycles. The van der Waals surface area contributed by atoms with Crippen LogP contribution < -0.4 is 10.9 Å². The summed E-state index contributed by atoms with van der Waals surface area (Å²) in [4.78, 5) is 31.9. The predicted molar refractivity (Wildman–Crippen MR) is 113 cm³/mol. The molecule has 0 fully saturated rings. The van der Waals surface area contributed by atoms with E-state index in [4.69, 9.17) is 0 Å². The van der Waals surface area contributed by atoms with Gasteiger partial charge in [-0.3, -0.25) is 14.2 Å². The van der Waals surface area contributed by atoms with Gasteiger partial charge in [0.15, 0.2) is 0 Å². The zero-order valence-electron chi connectivity index (χ0n) is 16.2. The van der Waals surface area contributed by atoms with Crippen LogP contribution in [0.3, 0.4) is 0 Å². The lowest BCUT2D eigenvalue weighted by atomic mass is 10.1. The lowest BCUT2D eigenvalue weighted by Crippen LogP contribution is -2.33. The van der Waals surface area contributed by atoms with E-state index in [1.165, 1.54) is 45.3 Å². The average Bonchev–Trinajstić information content (AvgIpc) is 2.88. The normalized spacial score (nSPS) is 13.9. The van der Waals surface area contributed by atoms with Crippen molar-refractivity contribution in [3.63, 3.8) is 0 Å². The number of benzene rings is 1. The maximum Gasteiger partial charge on any atom is 0.262 e. The molecule has 1 aliphatic rings. The molecule has 2 heterocycles. The first-order valence-electron chi connectivity index (χ1n) is 9.94. The molecule has 4 rings (SSSR count). The van der Waals surface area contributed by atoms with Crippen LogP contribution in [0.1, 0.15) is 40.8 Å². The van der Waals surface area contributed by atoms with Gasteiger partial charge in [-0.1, -0.05) is 30.7 Å². The molecule has 0 atom stereocenters. The Morgan fingerprint density at radius 1 is 1.21 bits per heavy atom. The van der Waals surface area contributed by atoms with Crippen LogP contribution in [0.2, 0.25) is 0 Å². The number of nitrogens with zero attached hydrogens (tertiary/aromatic N) is 2. The molecule has 1 amide bonds. The highest BCUT2D eigenvalue weighted by molar-refractivity contribution is 7.18. The SMILES string of the molecule is Cc1ccccc1CCNC(=O)Cn1cnc2sc3c(c2c1=O)CCCCC3. The Balaban J connectivity index is 1.46. The van der Waals surface area contributed by atoms with Crippen molar-refractivity contribution in [2.24, 2.45) is 0 Å². The van der Waals surface area contributed by atoms with Crippen LogP contribution in [0.15, 0.2) is 35.4 Å². The Labute approximate surface area is 168 Å². The second-order valence-electron chi connectivity index (χ2n) is 7.45. The molecule has 1 N–H and O–H groups in total. The number of hydrogen-bond donors (Lipinski definition) is 1. The van der Waals surface area contributed by atoms with Crippen molar-refractivity contribution in [1.82, 2.24) is 14.9 Å². The number of aromatic nitrogens is 2. The van der Waals surface area contributed by atoms with Crippen molar-refractivity contribution in [2.45, 2.75) is 52.0 Å². The molecule has 28 heavy (non-hydrogen) atoms. The van der Waals surface area contributed by atoms with E-state index in [1.807, 2.05) is 12.1 Å². The van der Waals surface area contributed by atoms with Crippen molar-refractivity contribution < 1.29 is 4.79 Å². The number of thiophene rings is 1. The van der Waals surface area contributed by atoms with Crippen LogP contribution in [-0.4, -0.2) is 22.0 Å². The van der Waals surface area contributed by atoms with Gasteiger partial charge in [-0.15, -0.1) is 11.3 Å². The lowest BCUT2D eigenvalue weighted by molar-refractivity contribution is -0.121. The highest BCUT2D eigenvalue weighted by Gasteiger charge is 2.19. The fourth-order valence-corrected chi connectivity index (χ4v) is 5.13. The largest absolute Gasteiger partial charge is 0.354 e. The van der Waals surface area contributed by atoms with Gasteiger partial charge in [-0.05, 0) is 55.7 Å². The molecule has 0 unspecified atom stereocenters. The van der Waals surface area contributed by atoms with Gasteiger partial charge < -0.3 is 5.32 Å². The van der Waals surface area contributed by atoms with Crippen molar-refractivity contribution in [1.29, 1.82) is 0 Å². The third-order valence-electron chi connectivity index (χ3n) is 5.48. The summed E-state index contributed by atoms with van der Waals surface area (Å²) in [5.74, 6) is -0.154. The summed E-state index contributed by atoms with van der Waals surface area (Å²) in [6.07, 6.45) is 7.78. The van der Waals surface area contributed by atoms with Gasteiger partial charge in [0.1, 0.15) is 11.4 Å². The average molecular weight is 396 g/mol. The maximum atomic E-state index is 13.0. The van der Waals surface area contributed by atoms with E-state index in [0.717, 1.165) is 35.9 Å². The first-order chi connectivity index (χ1) is 13.6. The summed E-state index contributed by atoms with van der Waals surface area (Å²) in [6.45, 7) is 2.64. The quantitative estimate of drug-likeness (QED) is 0.674. The first-order valence-corrected chi connectivity index (χ1v) is 10.8. The van der Waals surface area contributed by atoms with Gasteiger partial charge in [0.05, 0.1) is 11.7 Å². The Bertz CT molecular complexity index is 1070. The minimum atomic E-state index is -0.154. The van der Waals surface area contributed by atoms with Crippen LogP contribution in [-0.2, 0) is 30.6 Å². The standard InChI is InChI=1S/C22H25N3O2S/c1-15-7-5-6-8-16(15)11-12-23-19(26)13-25-14-24-21-20(22(25)27)17-9-3-2-4-10-18(17)28-21/h5-8,14H,2-4,9-13H2,1H3,(H,23,26). The molecule has 5 nitrogen and oxygen atoms in total. The van der Waals surface area contributed by atoms with E-state index < -0.39 is 0 Å². The first kappa shape index (κ1) is 18.9. The number of amides is 1. The van der Waals surface area contributed by atoms with E-state index in [0.29, 0.717) is 6.54 Å². The second-order valence-corrected chi connectivity index (χ2v) is 8.53. The van der Waals surface area contributed by atoms with Crippen LogP contribution in [0.25, 0.3) is 10.2 Å². The summed E-state index contributed by atoms with van der Waals surface area (Å²) in [5.41, 5.74) is 3.53. The number of rotatable bonds is 5. The summed E-state index contributed by atoms with van der Waals surface area (Å²) < 4.78 is 1.45. The molecule has 3 aromatic rings. The van der Waals surface area contributed by atoms with Crippen LogP contribution in [0, 0.1) is 6.92 Å². The molecule has 0 spiro atoms. The highest BCUT2D eigenvalue weighted by atomic mass is 32.1. The van der Waals surface area contributed by atoms with E-state index >= 15 is 0 Å². The molecule has 1 aliphatic carbocycles. The molecular weight excluding hydrogens is 370 g/mol. The van der Waals surface area contributed by atoms with Crippen LogP contribution in [0.5, 0.6) is 0 Å². The summed E-state index contributed by atoms with van der Waals surface area (Å²) >= 11 is 1.64. The van der Waals surface area contributed by atoms with Crippen molar-refractivity contribution >= 4 is 27.5 Å². The topological polar surface area (TPSA) is 64.0 Å². The summed E-state index contributed by atoms with van der Waals surface area (Å²) in [5, 5.41) is 3.66. The summed E-state index contributed by atoms with van der Waals surface area (Å²) in [6, 6.07) is 8.17. The Kier molecular flexibility index (Phi) is 5.57. The lowest BCUT2D eigenvalue weighted by Gasteiger charge is -2.09. The number of hydrogen-bond acceptors (Lipinski definition) is 4. The predicted octanol–water partition coefficient (Wildman–Crippen LogP) is 3.39. The highest BCUT2D eigenvalue weighted by Crippen LogP contribution is 2.32.